The van der Waals surface area contributed by atoms with Crippen LogP contribution in [0, 0.1) is 0 Å². The molecular weight excluding hydrogens is 412 g/mol. The van der Waals surface area contributed by atoms with Crippen LogP contribution in [0.2, 0.25) is 5.02 Å². The molecule has 1 aromatic carbocycles. The number of nitrogens with zero attached hydrogens (tertiary/aromatic N) is 1. The Kier molecular flexibility index (Phi) is 6.63. The summed E-state index contributed by atoms with van der Waals surface area (Å²) in [4.78, 5) is 26.6. The van der Waals surface area contributed by atoms with E-state index in [1.54, 1.807) is 30.0 Å². The zero-order valence-electron chi connectivity index (χ0n) is 13.7. The predicted octanol–water partition coefficient (Wildman–Crippen LogP) is 2.52. The second-order valence-corrected chi connectivity index (χ2v) is 9.10. The number of hydrogen-bond donors (Lipinski definition) is 2. The van der Waals surface area contributed by atoms with Gasteiger partial charge in [0.05, 0.1) is 17.1 Å². The molecule has 0 aromatic heterocycles. The second-order valence-electron chi connectivity index (χ2n) is 5.92. The molecule has 26 heavy (non-hydrogen) atoms. The SMILES string of the molecule is O=C(CCN1C(=O)/C(=C/c2cccc(Cl)c2)SC1=S)N[C@@H]1CSC[C@H]1O. The lowest BCUT2D eigenvalue weighted by molar-refractivity contribution is -0.124. The molecule has 5 nitrogen and oxygen atoms in total. The third-order valence-corrected chi connectivity index (χ3v) is 6.76. The fourth-order valence-electron chi connectivity index (χ4n) is 2.61. The van der Waals surface area contributed by atoms with E-state index in [1.165, 1.54) is 16.7 Å². The van der Waals surface area contributed by atoms with E-state index in [0.29, 0.717) is 25.8 Å². The van der Waals surface area contributed by atoms with Gasteiger partial charge in [-0.25, -0.2) is 0 Å². The third-order valence-electron chi connectivity index (χ3n) is 3.98. The summed E-state index contributed by atoms with van der Waals surface area (Å²) in [6, 6.07) is 6.99. The van der Waals surface area contributed by atoms with E-state index in [4.69, 9.17) is 23.8 Å². The molecule has 2 amide bonds. The van der Waals surface area contributed by atoms with Crippen molar-refractivity contribution < 1.29 is 14.7 Å². The topological polar surface area (TPSA) is 69.6 Å². The van der Waals surface area contributed by atoms with Crippen LogP contribution in [0.25, 0.3) is 6.08 Å². The van der Waals surface area contributed by atoms with Crippen LogP contribution in [-0.4, -0.2) is 56.3 Å². The predicted molar refractivity (Wildman–Crippen MR) is 111 cm³/mol. The molecule has 3 rings (SSSR count). The Bertz CT molecular complexity index is 771. The molecule has 0 saturated carbocycles. The first kappa shape index (κ1) is 19.7. The molecule has 0 spiro atoms. The van der Waals surface area contributed by atoms with Crippen LogP contribution < -0.4 is 5.32 Å². The van der Waals surface area contributed by atoms with Gasteiger partial charge in [-0.15, -0.1) is 0 Å². The van der Waals surface area contributed by atoms with Crippen molar-refractivity contribution in [3.63, 3.8) is 0 Å². The van der Waals surface area contributed by atoms with Crippen LogP contribution in [0.3, 0.4) is 0 Å². The van der Waals surface area contributed by atoms with Crippen molar-refractivity contribution in [2.45, 2.75) is 18.6 Å². The average molecular weight is 429 g/mol. The van der Waals surface area contributed by atoms with Crippen LogP contribution in [-0.2, 0) is 9.59 Å². The summed E-state index contributed by atoms with van der Waals surface area (Å²) in [5.41, 5.74) is 0.823. The molecule has 2 atom stereocenters. The van der Waals surface area contributed by atoms with Gasteiger partial charge in [-0.2, -0.15) is 11.8 Å². The van der Waals surface area contributed by atoms with E-state index in [1.807, 2.05) is 12.1 Å². The van der Waals surface area contributed by atoms with Crippen molar-refractivity contribution >= 4 is 69.6 Å². The van der Waals surface area contributed by atoms with Gasteiger partial charge < -0.3 is 10.4 Å². The minimum absolute atomic E-state index is 0.144. The molecule has 0 aliphatic carbocycles. The summed E-state index contributed by atoms with van der Waals surface area (Å²) >= 11 is 14.1. The molecule has 2 aliphatic heterocycles. The minimum Gasteiger partial charge on any atom is -0.390 e. The number of benzene rings is 1. The number of carbonyl (C=O) groups excluding carboxylic acids is 2. The highest BCUT2D eigenvalue weighted by Crippen LogP contribution is 2.32. The number of hydrogen-bond acceptors (Lipinski definition) is 6. The number of aliphatic hydroxyl groups is 1. The van der Waals surface area contributed by atoms with Crippen LogP contribution in [0.4, 0.5) is 0 Å². The third kappa shape index (κ3) is 4.80. The van der Waals surface area contributed by atoms with E-state index >= 15 is 0 Å². The summed E-state index contributed by atoms with van der Waals surface area (Å²) < 4.78 is 0.438. The average Bonchev–Trinajstić information content (AvgIpc) is 3.10. The van der Waals surface area contributed by atoms with Crippen molar-refractivity contribution in [3.05, 3.63) is 39.8 Å². The van der Waals surface area contributed by atoms with Gasteiger partial charge >= 0.3 is 0 Å². The summed E-state index contributed by atoms with van der Waals surface area (Å²) in [5, 5.41) is 13.2. The van der Waals surface area contributed by atoms with Crippen LogP contribution in [0.15, 0.2) is 29.2 Å². The molecule has 2 N–H and O–H groups in total. The van der Waals surface area contributed by atoms with Gasteiger partial charge in [-0.3, -0.25) is 14.5 Å². The highest BCUT2D eigenvalue weighted by Gasteiger charge is 2.33. The van der Waals surface area contributed by atoms with Gasteiger partial charge in [-0.1, -0.05) is 47.7 Å². The number of rotatable bonds is 5. The monoisotopic (exact) mass is 428 g/mol. The number of halogens is 1. The molecule has 2 aliphatic rings. The number of thioether (sulfide) groups is 2. The molecule has 0 radical (unpaired) electrons. The highest BCUT2D eigenvalue weighted by molar-refractivity contribution is 8.26. The summed E-state index contributed by atoms with van der Waals surface area (Å²) in [5.74, 6) is 0.943. The Morgan fingerprint density at radius 1 is 1.46 bits per heavy atom. The van der Waals surface area contributed by atoms with Crippen molar-refractivity contribution in [3.8, 4) is 0 Å². The minimum atomic E-state index is -0.513. The molecular formula is C17H17ClN2O3S3. The first-order valence-electron chi connectivity index (χ1n) is 8.00. The van der Waals surface area contributed by atoms with Crippen molar-refractivity contribution in [1.29, 1.82) is 0 Å². The first-order valence-corrected chi connectivity index (χ1v) is 10.8. The molecule has 1 aromatic rings. The lowest BCUT2D eigenvalue weighted by Crippen LogP contribution is -2.43. The number of thiocarbonyl (C=S) groups is 1. The number of nitrogens with one attached hydrogen (secondary N) is 1. The van der Waals surface area contributed by atoms with E-state index in [2.05, 4.69) is 5.32 Å². The first-order chi connectivity index (χ1) is 12.4. The van der Waals surface area contributed by atoms with Crippen LogP contribution >= 0.6 is 47.3 Å². The van der Waals surface area contributed by atoms with Crippen molar-refractivity contribution in [1.82, 2.24) is 10.2 Å². The Morgan fingerprint density at radius 2 is 2.27 bits per heavy atom. The van der Waals surface area contributed by atoms with E-state index in [9.17, 15) is 14.7 Å². The number of carbonyl (C=O) groups is 2. The van der Waals surface area contributed by atoms with Crippen LogP contribution in [0.5, 0.6) is 0 Å². The number of aliphatic hydroxyl groups excluding tert-OH is 1. The van der Waals surface area contributed by atoms with E-state index in [0.717, 1.165) is 5.56 Å². The Labute approximate surface area is 170 Å². The number of amides is 2. The van der Waals surface area contributed by atoms with Gasteiger partial charge in [0.25, 0.3) is 5.91 Å². The fourth-order valence-corrected chi connectivity index (χ4v) is 5.29. The smallest absolute Gasteiger partial charge is 0.266 e. The van der Waals surface area contributed by atoms with E-state index < -0.39 is 6.10 Å². The largest absolute Gasteiger partial charge is 0.390 e. The molecule has 0 unspecified atom stereocenters. The fraction of sp³-hybridized carbons (Fsp3) is 0.353. The van der Waals surface area contributed by atoms with Gasteiger partial charge in [-0.05, 0) is 23.8 Å². The van der Waals surface area contributed by atoms with Crippen LogP contribution in [0.1, 0.15) is 12.0 Å². The van der Waals surface area contributed by atoms with Gasteiger partial charge in [0, 0.05) is 29.5 Å². The lowest BCUT2D eigenvalue weighted by atomic mass is 10.2. The molecule has 0 bridgehead atoms. The van der Waals surface area contributed by atoms with Gasteiger partial charge in [0.1, 0.15) is 4.32 Å². The summed E-state index contributed by atoms with van der Waals surface area (Å²) in [6.07, 6.45) is 1.38. The van der Waals surface area contributed by atoms with Crippen molar-refractivity contribution in [2.75, 3.05) is 18.1 Å². The normalized spacial score (nSPS) is 24.5. The van der Waals surface area contributed by atoms with E-state index in [-0.39, 0.29) is 30.8 Å². The Balaban J connectivity index is 1.58. The Hall–Kier alpha value is -1.06. The van der Waals surface area contributed by atoms with Gasteiger partial charge in [0.2, 0.25) is 5.91 Å². The molecule has 2 fully saturated rings. The maximum Gasteiger partial charge on any atom is 0.266 e. The highest BCUT2D eigenvalue weighted by atomic mass is 35.5. The maximum absolute atomic E-state index is 12.6. The maximum atomic E-state index is 12.6. The summed E-state index contributed by atoms with van der Waals surface area (Å²) in [6.45, 7) is 0.222. The lowest BCUT2D eigenvalue weighted by Gasteiger charge is -2.18. The molecule has 2 heterocycles. The van der Waals surface area contributed by atoms with Crippen molar-refractivity contribution in [2.24, 2.45) is 0 Å². The van der Waals surface area contributed by atoms with Gasteiger partial charge in [0.15, 0.2) is 0 Å². The molecule has 9 heteroatoms. The second kappa shape index (κ2) is 8.75. The molecule has 2 saturated heterocycles. The zero-order valence-corrected chi connectivity index (χ0v) is 16.9. The Morgan fingerprint density at radius 3 is 2.96 bits per heavy atom. The zero-order chi connectivity index (χ0) is 18.7. The molecule has 138 valence electrons. The standard InChI is InChI=1S/C17H17ClN2O3S3/c18-11-3-1-2-10(6-11)7-14-16(23)20(17(24)26-14)5-4-15(22)19-12-8-25-9-13(12)21/h1-3,6-7,12-13,21H,4-5,8-9H2,(H,19,22)/b14-7-/t12-,13-/m1/s1. The quantitative estimate of drug-likeness (QED) is 0.554. The summed E-state index contributed by atoms with van der Waals surface area (Å²) in [7, 11) is 0.